The number of nitrogens with one attached hydrogen (secondary N) is 1. The molecule has 0 bridgehead atoms. The Labute approximate surface area is 117 Å². The maximum Gasteiger partial charge on any atom is 0.224 e. The fourth-order valence-corrected chi connectivity index (χ4v) is 2.10. The van der Waals surface area contributed by atoms with E-state index in [0.29, 0.717) is 6.42 Å². The van der Waals surface area contributed by atoms with Crippen LogP contribution in [-0.4, -0.2) is 12.5 Å². The van der Waals surface area contributed by atoms with E-state index in [1.807, 2.05) is 25.1 Å². The molecule has 0 aliphatic carbocycles. The minimum Gasteiger partial charge on any atom is -0.330 e. The van der Waals surface area contributed by atoms with Crippen molar-refractivity contribution in [2.24, 2.45) is 5.73 Å². The van der Waals surface area contributed by atoms with Crippen molar-refractivity contribution >= 4 is 27.5 Å². The van der Waals surface area contributed by atoms with Crippen LogP contribution >= 0.6 is 15.9 Å². The molecule has 100 valence electrons. The summed E-state index contributed by atoms with van der Waals surface area (Å²) >= 11 is 3.48. The van der Waals surface area contributed by atoms with Crippen molar-refractivity contribution in [2.75, 3.05) is 11.9 Å². The Balaban J connectivity index is 2.34. The molecule has 4 heteroatoms. The van der Waals surface area contributed by atoms with Gasteiger partial charge in [-0.05, 0) is 53.9 Å². The Bertz CT molecular complexity index is 393. The molecule has 1 aromatic rings. The van der Waals surface area contributed by atoms with Gasteiger partial charge in [-0.3, -0.25) is 4.79 Å². The Morgan fingerprint density at radius 1 is 1.28 bits per heavy atom. The Morgan fingerprint density at radius 2 is 2.00 bits per heavy atom. The summed E-state index contributed by atoms with van der Waals surface area (Å²) in [5.41, 5.74) is 7.39. The van der Waals surface area contributed by atoms with Gasteiger partial charge in [0.2, 0.25) is 5.91 Å². The third kappa shape index (κ3) is 5.19. The van der Waals surface area contributed by atoms with E-state index in [1.54, 1.807) is 0 Å². The number of amides is 1. The Morgan fingerprint density at radius 3 is 2.72 bits per heavy atom. The molecule has 0 saturated heterocycles. The fraction of sp³-hybridized carbons (Fsp3) is 0.500. The molecule has 0 unspecified atom stereocenters. The third-order valence-electron chi connectivity index (χ3n) is 2.82. The van der Waals surface area contributed by atoms with E-state index in [2.05, 4.69) is 21.2 Å². The molecule has 0 fully saturated rings. The number of aryl methyl sites for hydroxylation is 1. The molecule has 0 radical (unpaired) electrons. The van der Waals surface area contributed by atoms with Crippen LogP contribution in [-0.2, 0) is 4.79 Å². The van der Waals surface area contributed by atoms with E-state index in [1.165, 1.54) is 0 Å². The van der Waals surface area contributed by atoms with Gasteiger partial charge < -0.3 is 11.1 Å². The van der Waals surface area contributed by atoms with E-state index in [-0.39, 0.29) is 5.91 Å². The zero-order valence-electron chi connectivity index (χ0n) is 10.8. The van der Waals surface area contributed by atoms with E-state index in [0.717, 1.165) is 48.0 Å². The van der Waals surface area contributed by atoms with Gasteiger partial charge in [0.05, 0.1) is 5.69 Å². The minimum atomic E-state index is 0.0778. The molecule has 3 nitrogen and oxygen atoms in total. The molecule has 0 aromatic heterocycles. The van der Waals surface area contributed by atoms with Gasteiger partial charge in [-0.25, -0.2) is 0 Å². The zero-order valence-corrected chi connectivity index (χ0v) is 12.4. The van der Waals surface area contributed by atoms with Crippen LogP contribution in [0.15, 0.2) is 22.7 Å². The maximum atomic E-state index is 11.8. The predicted molar refractivity (Wildman–Crippen MR) is 79.6 cm³/mol. The van der Waals surface area contributed by atoms with Crippen LogP contribution in [0.3, 0.4) is 0 Å². The first-order valence-electron chi connectivity index (χ1n) is 6.40. The van der Waals surface area contributed by atoms with Gasteiger partial charge in [-0.1, -0.05) is 25.0 Å². The van der Waals surface area contributed by atoms with Gasteiger partial charge in [0.25, 0.3) is 0 Å². The summed E-state index contributed by atoms with van der Waals surface area (Å²) in [6.45, 7) is 2.75. The summed E-state index contributed by atoms with van der Waals surface area (Å²) in [6, 6.07) is 5.85. The van der Waals surface area contributed by atoms with Crippen molar-refractivity contribution in [3.63, 3.8) is 0 Å². The summed E-state index contributed by atoms with van der Waals surface area (Å²) in [4.78, 5) is 11.8. The monoisotopic (exact) mass is 312 g/mol. The van der Waals surface area contributed by atoms with E-state index >= 15 is 0 Å². The lowest BCUT2D eigenvalue weighted by molar-refractivity contribution is -0.116. The summed E-state index contributed by atoms with van der Waals surface area (Å²) in [6.07, 6.45) is 4.72. The molecular weight excluding hydrogens is 292 g/mol. The average Bonchev–Trinajstić information content (AvgIpc) is 2.35. The summed E-state index contributed by atoms with van der Waals surface area (Å²) in [7, 11) is 0. The van der Waals surface area contributed by atoms with Gasteiger partial charge >= 0.3 is 0 Å². The molecule has 0 atom stereocenters. The second-order valence-corrected chi connectivity index (χ2v) is 5.23. The molecule has 0 aliphatic heterocycles. The zero-order chi connectivity index (χ0) is 13.4. The summed E-state index contributed by atoms with van der Waals surface area (Å²) in [5, 5.41) is 2.93. The van der Waals surface area contributed by atoms with E-state index < -0.39 is 0 Å². The van der Waals surface area contributed by atoms with Gasteiger partial charge in [0.1, 0.15) is 0 Å². The van der Waals surface area contributed by atoms with E-state index in [9.17, 15) is 4.79 Å². The molecule has 0 heterocycles. The summed E-state index contributed by atoms with van der Waals surface area (Å²) < 4.78 is 0.960. The van der Waals surface area contributed by atoms with Crippen LogP contribution in [0, 0.1) is 6.92 Å². The molecular formula is C14H21BrN2O. The highest BCUT2D eigenvalue weighted by Gasteiger charge is 2.06. The van der Waals surface area contributed by atoms with Crippen LogP contribution < -0.4 is 11.1 Å². The highest BCUT2D eigenvalue weighted by atomic mass is 79.9. The van der Waals surface area contributed by atoms with Crippen LogP contribution in [0.5, 0.6) is 0 Å². The topological polar surface area (TPSA) is 55.1 Å². The highest BCUT2D eigenvalue weighted by Crippen LogP contribution is 2.25. The van der Waals surface area contributed by atoms with Crippen molar-refractivity contribution in [1.29, 1.82) is 0 Å². The van der Waals surface area contributed by atoms with Gasteiger partial charge in [-0.2, -0.15) is 0 Å². The molecule has 18 heavy (non-hydrogen) atoms. The van der Waals surface area contributed by atoms with E-state index in [4.69, 9.17) is 5.73 Å². The number of rotatable bonds is 7. The molecule has 1 rings (SSSR count). The molecule has 0 saturated carbocycles. The predicted octanol–water partition coefficient (Wildman–Crippen LogP) is 3.61. The fourth-order valence-electron chi connectivity index (χ4n) is 1.74. The Kier molecular flexibility index (Phi) is 6.98. The number of benzene rings is 1. The first-order valence-corrected chi connectivity index (χ1v) is 7.19. The van der Waals surface area contributed by atoms with Crippen LogP contribution in [0.4, 0.5) is 5.69 Å². The van der Waals surface area contributed by atoms with Crippen LogP contribution in [0.2, 0.25) is 0 Å². The third-order valence-corrected chi connectivity index (χ3v) is 3.88. The van der Waals surface area contributed by atoms with Gasteiger partial charge in [0.15, 0.2) is 0 Å². The van der Waals surface area contributed by atoms with Crippen molar-refractivity contribution < 1.29 is 4.79 Å². The second kappa shape index (κ2) is 8.27. The second-order valence-electron chi connectivity index (χ2n) is 4.44. The number of unbranched alkanes of at least 4 members (excludes halogenated alkanes) is 3. The number of hydrogen-bond acceptors (Lipinski definition) is 2. The lowest BCUT2D eigenvalue weighted by Crippen LogP contribution is -2.11. The smallest absolute Gasteiger partial charge is 0.224 e. The number of anilines is 1. The van der Waals surface area contributed by atoms with Crippen molar-refractivity contribution in [1.82, 2.24) is 0 Å². The quantitative estimate of drug-likeness (QED) is 0.756. The number of hydrogen-bond donors (Lipinski definition) is 2. The lowest BCUT2D eigenvalue weighted by atomic mass is 10.1. The first-order chi connectivity index (χ1) is 8.65. The molecule has 0 spiro atoms. The van der Waals surface area contributed by atoms with Crippen molar-refractivity contribution in [3.05, 3.63) is 28.2 Å². The van der Waals surface area contributed by atoms with Gasteiger partial charge in [0, 0.05) is 10.9 Å². The largest absolute Gasteiger partial charge is 0.330 e. The number of halogens is 1. The number of carbonyl (C=O) groups excluding carboxylic acids is 1. The first kappa shape index (κ1) is 15.2. The normalized spacial score (nSPS) is 10.4. The van der Waals surface area contributed by atoms with Crippen LogP contribution in [0.1, 0.15) is 37.7 Å². The van der Waals surface area contributed by atoms with Crippen LogP contribution in [0.25, 0.3) is 0 Å². The molecule has 3 N–H and O–H groups in total. The average molecular weight is 313 g/mol. The SMILES string of the molecule is Cc1cccc(NC(=O)CCCCCCN)c1Br. The van der Waals surface area contributed by atoms with Crippen molar-refractivity contribution in [3.8, 4) is 0 Å². The highest BCUT2D eigenvalue weighted by molar-refractivity contribution is 9.10. The molecule has 1 aromatic carbocycles. The Hall–Kier alpha value is -0.870. The number of nitrogens with two attached hydrogens (primary N) is 1. The summed E-state index contributed by atoms with van der Waals surface area (Å²) in [5.74, 6) is 0.0778. The molecule has 1 amide bonds. The minimum absolute atomic E-state index is 0.0778. The van der Waals surface area contributed by atoms with Gasteiger partial charge in [-0.15, -0.1) is 0 Å². The molecule has 0 aliphatic rings. The lowest BCUT2D eigenvalue weighted by Gasteiger charge is -2.09. The number of carbonyl (C=O) groups is 1. The van der Waals surface area contributed by atoms with Crippen molar-refractivity contribution in [2.45, 2.75) is 39.0 Å². The standard InChI is InChI=1S/C14H21BrN2O/c1-11-7-6-8-12(14(11)15)17-13(18)9-4-2-3-5-10-16/h6-8H,2-5,9-10,16H2,1H3,(H,17,18). The maximum absolute atomic E-state index is 11.8.